The molecule has 0 aliphatic carbocycles. The molecule has 0 bridgehead atoms. The van der Waals surface area contributed by atoms with E-state index < -0.39 is 0 Å². The molecule has 0 radical (unpaired) electrons. The van der Waals surface area contributed by atoms with Crippen molar-refractivity contribution in [3.8, 4) is 0 Å². The number of hydrogen-bond acceptors (Lipinski definition) is 2. The quantitative estimate of drug-likeness (QED) is 0.582. The summed E-state index contributed by atoms with van der Waals surface area (Å²) in [7, 11) is 2.11. The van der Waals surface area contributed by atoms with E-state index in [1.807, 2.05) is 13.8 Å². The zero-order valence-corrected chi connectivity index (χ0v) is 12.8. The van der Waals surface area contributed by atoms with Gasteiger partial charge >= 0.3 is 0 Å². The van der Waals surface area contributed by atoms with E-state index in [2.05, 4.69) is 37.7 Å². The first-order chi connectivity index (χ1) is 8.18. The molecule has 1 N–H and O–H groups in total. The van der Waals surface area contributed by atoms with Crippen molar-refractivity contribution < 1.29 is 0 Å². The fraction of sp³-hybridized carbons (Fsp3) is 0.867. The van der Waals surface area contributed by atoms with E-state index >= 15 is 0 Å². The molecule has 0 amide bonds. The van der Waals surface area contributed by atoms with Crippen molar-refractivity contribution in [2.45, 2.75) is 59.8 Å². The van der Waals surface area contributed by atoms with Crippen LogP contribution in [0.1, 0.15) is 59.8 Å². The van der Waals surface area contributed by atoms with Crippen molar-refractivity contribution >= 4 is 0 Å². The van der Waals surface area contributed by atoms with Gasteiger partial charge in [0.25, 0.3) is 0 Å². The van der Waals surface area contributed by atoms with E-state index in [-0.39, 0.29) is 0 Å². The molecule has 0 fully saturated rings. The second kappa shape index (κ2) is 15.5. The van der Waals surface area contributed by atoms with Gasteiger partial charge in [-0.1, -0.05) is 40.2 Å². The van der Waals surface area contributed by atoms with E-state index in [4.69, 9.17) is 0 Å². The topological polar surface area (TPSA) is 15.3 Å². The monoisotopic (exact) mass is 242 g/mol. The number of hydrogen-bond donors (Lipinski definition) is 1. The minimum atomic E-state index is 1.14. The third kappa shape index (κ3) is 15.5. The number of nitrogens with zero attached hydrogens (tertiary/aromatic N) is 1. The van der Waals surface area contributed by atoms with Crippen LogP contribution in [0, 0.1) is 0 Å². The maximum absolute atomic E-state index is 3.92. The van der Waals surface area contributed by atoms with Gasteiger partial charge in [0.2, 0.25) is 0 Å². The second-order valence-electron chi connectivity index (χ2n) is 4.32. The summed E-state index contributed by atoms with van der Waals surface area (Å²) in [4.78, 5) is 2.23. The van der Waals surface area contributed by atoms with Gasteiger partial charge in [0.05, 0.1) is 0 Å². The third-order valence-electron chi connectivity index (χ3n) is 2.71. The van der Waals surface area contributed by atoms with Crippen LogP contribution in [0.25, 0.3) is 0 Å². The molecule has 0 heterocycles. The number of nitrogens with one attached hydrogen (secondary N) is 1. The first kappa shape index (κ1) is 18.9. The fourth-order valence-corrected chi connectivity index (χ4v) is 1.39. The van der Waals surface area contributed by atoms with Crippen LogP contribution in [0.2, 0.25) is 0 Å². The molecule has 0 aliphatic rings. The van der Waals surface area contributed by atoms with Gasteiger partial charge in [-0.25, -0.2) is 0 Å². The Bertz CT molecular complexity index is 155. The fourth-order valence-electron chi connectivity index (χ4n) is 1.39. The molecule has 2 heteroatoms. The summed E-state index contributed by atoms with van der Waals surface area (Å²) in [5, 5.41) is 3.47. The average Bonchev–Trinajstić information content (AvgIpc) is 2.34. The number of rotatable bonds is 10. The lowest BCUT2D eigenvalue weighted by molar-refractivity contribution is 0.400. The molecule has 0 saturated carbocycles. The summed E-state index contributed by atoms with van der Waals surface area (Å²) in [5.74, 6) is 0. The van der Waals surface area contributed by atoms with Crippen molar-refractivity contribution in [1.29, 1.82) is 0 Å². The van der Waals surface area contributed by atoms with Crippen LogP contribution >= 0.6 is 0 Å². The van der Waals surface area contributed by atoms with E-state index in [1.165, 1.54) is 45.2 Å². The predicted molar refractivity (Wildman–Crippen MR) is 80.4 cm³/mol. The Kier molecular flexibility index (Phi) is 17.2. The molecule has 0 aromatic carbocycles. The molecule has 0 aromatic heterocycles. The summed E-state index contributed by atoms with van der Waals surface area (Å²) in [6, 6.07) is 0. The van der Waals surface area contributed by atoms with Crippen molar-refractivity contribution in [3.05, 3.63) is 12.3 Å². The van der Waals surface area contributed by atoms with Crippen LogP contribution in [0.5, 0.6) is 0 Å². The summed E-state index contributed by atoms with van der Waals surface area (Å²) >= 11 is 0. The SMILES string of the molecule is C=C(C)N(C)CCCCCNCCCC.CC. The summed E-state index contributed by atoms with van der Waals surface area (Å²) in [6.07, 6.45) is 6.48. The standard InChI is InChI=1S/C13H28N2.C2H6/c1-5-6-10-14-11-8-7-9-12-15(4)13(2)3;1-2/h14H,2,5-12H2,1,3-4H3;1-2H3. The summed E-state index contributed by atoms with van der Waals surface area (Å²) < 4.78 is 0. The van der Waals surface area contributed by atoms with Crippen LogP contribution < -0.4 is 5.32 Å². The van der Waals surface area contributed by atoms with Gasteiger partial charge in [0.15, 0.2) is 0 Å². The minimum Gasteiger partial charge on any atom is -0.379 e. The second-order valence-corrected chi connectivity index (χ2v) is 4.32. The van der Waals surface area contributed by atoms with Gasteiger partial charge in [-0.05, 0) is 39.3 Å². The van der Waals surface area contributed by atoms with E-state index in [0.29, 0.717) is 0 Å². The van der Waals surface area contributed by atoms with Crippen LogP contribution in [0.3, 0.4) is 0 Å². The lowest BCUT2D eigenvalue weighted by Gasteiger charge is -2.18. The normalized spacial score (nSPS) is 9.47. The summed E-state index contributed by atoms with van der Waals surface area (Å²) in [5.41, 5.74) is 1.16. The smallest absolute Gasteiger partial charge is 0.0171 e. The highest BCUT2D eigenvalue weighted by Crippen LogP contribution is 2.01. The van der Waals surface area contributed by atoms with Crippen molar-refractivity contribution in [3.63, 3.8) is 0 Å². The van der Waals surface area contributed by atoms with Crippen LogP contribution in [-0.2, 0) is 0 Å². The van der Waals surface area contributed by atoms with Crippen molar-refractivity contribution in [1.82, 2.24) is 10.2 Å². The minimum absolute atomic E-state index is 1.14. The molecule has 0 aromatic rings. The first-order valence-corrected chi connectivity index (χ1v) is 7.25. The maximum atomic E-state index is 3.92. The Balaban J connectivity index is 0. The predicted octanol–water partition coefficient (Wildman–Crippen LogP) is 4.04. The zero-order chi connectivity index (χ0) is 13.5. The molecule has 0 unspecified atom stereocenters. The molecule has 0 spiro atoms. The highest BCUT2D eigenvalue weighted by Gasteiger charge is 1.95. The number of unbranched alkanes of at least 4 members (excludes halogenated alkanes) is 3. The van der Waals surface area contributed by atoms with Gasteiger partial charge in [0, 0.05) is 19.3 Å². The molecule has 0 saturated heterocycles. The van der Waals surface area contributed by atoms with Gasteiger partial charge in [-0.2, -0.15) is 0 Å². The lowest BCUT2D eigenvalue weighted by Crippen LogP contribution is -2.18. The van der Waals surface area contributed by atoms with Gasteiger partial charge in [0.1, 0.15) is 0 Å². The van der Waals surface area contributed by atoms with E-state index in [9.17, 15) is 0 Å². The molecule has 0 aliphatic heterocycles. The highest BCUT2D eigenvalue weighted by atomic mass is 15.1. The lowest BCUT2D eigenvalue weighted by atomic mass is 10.2. The van der Waals surface area contributed by atoms with Crippen LogP contribution in [0.15, 0.2) is 12.3 Å². The van der Waals surface area contributed by atoms with Gasteiger partial charge in [-0.3, -0.25) is 0 Å². The van der Waals surface area contributed by atoms with Gasteiger partial charge in [-0.15, -0.1) is 0 Å². The Morgan fingerprint density at radius 3 is 2.18 bits per heavy atom. The third-order valence-corrected chi connectivity index (χ3v) is 2.71. The molecule has 17 heavy (non-hydrogen) atoms. The van der Waals surface area contributed by atoms with Crippen LogP contribution in [0.4, 0.5) is 0 Å². The van der Waals surface area contributed by atoms with Gasteiger partial charge < -0.3 is 10.2 Å². The molecular formula is C15H34N2. The average molecular weight is 242 g/mol. The largest absolute Gasteiger partial charge is 0.379 e. The Morgan fingerprint density at radius 2 is 1.65 bits per heavy atom. The van der Waals surface area contributed by atoms with Crippen molar-refractivity contribution in [2.75, 3.05) is 26.7 Å². The number of allylic oxidation sites excluding steroid dienone is 1. The summed E-state index contributed by atoms with van der Waals surface area (Å²) in [6.45, 7) is 15.7. The molecular weight excluding hydrogens is 208 g/mol. The Labute approximate surface area is 109 Å². The maximum Gasteiger partial charge on any atom is 0.0171 e. The molecule has 0 rings (SSSR count). The molecule has 104 valence electrons. The molecule has 2 nitrogen and oxygen atoms in total. The zero-order valence-electron chi connectivity index (χ0n) is 12.8. The van der Waals surface area contributed by atoms with E-state index in [0.717, 1.165) is 12.2 Å². The van der Waals surface area contributed by atoms with Crippen molar-refractivity contribution in [2.24, 2.45) is 0 Å². The molecule has 0 atom stereocenters. The Morgan fingerprint density at radius 1 is 1.06 bits per heavy atom. The van der Waals surface area contributed by atoms with Crippen LogP contribution in [-0.4, -0.2) is 31.6 Å². The Hall–Kier alpha value is -0.500. The first-order valence-electron chi connectivity index (χ1n) is 7.25. The highest BCUT2D eigenvalue weighted by molar-refractivity contribution is 4.85. The van der Waals surface area contributed by atoms with E-state index in [1.54, 1.807) is 0 Å².